The van der Waals surface area contributed by atoms with Crippen LogP contribution in [0.4, 0.5) is 5.95 Å². The van der Waals surface area contributed by atoms with Gasteiger partial charge in [-0.3, -0.25) is 9.59 Å². The number of benzene rings is 5. The molecule has 0 saturated carbocycles. The number of aromatic nitrogens is 6. The Morgan fingerprint density at radius 3 is 1.85 bits per heavy atom. The van der Waals surface area contributed by atoms with Gasteiger partial charge in [0, 0.05) is 23.2 Å². The average molecular weight is 682 g/mol. The summed E-state index contributed by atoms with van der Waals surface area (Å²) in [7, 11) is 0. The van der Waals surface area contributed by atoms with E-state index in [4.69, 9.17) is 5.21 Å². The Kier molecular flexibility index (Phi) is 8.74. The number of carbonyl (C=O) groups excluding carboxylic acids is 1. The summed E-state index contributed by atoms with van der Waals surface area (Å²) >= 11 is 0. The number of hydrogen-bond acceptors (Lipinski definition) is 7. The van der Waals surface area contributed by atoms with E-state index in [0.29, 0.717) is 29.9 Å². The maximum Gasteiger partial charge on any atom is 0.278 e. The van der Waals surface area contributed by atoms with Crippen molar-refractivity contribution in [3.05, 3.63) is 183 Å². The Morgan fingerprint density at radius 1 is 0.673 bits per heavy atom. The van der Waals surface area contributed by atoms with Crippen LogP contribution in [-0.4, -0.2) is 41.9 Å². The fourth-order valence-corrected chi connectivity index (χ4v) is 7.28. The summed E-state index contributed by atoms with van der Waals surface area (Å²) in [6.07, 6.45) is 3.96. The molecule has 0 saturated heterocycles. The molecule has 8 rings (SSSR count). The third-order valence-electron chi connectivity index (χ3n) is 9.73. The van der Waals surface area contributed by atoms with Gasteiger partial charge in [-0.2, -0.15) is 4.98 Å². The monoisotopic (exact) mass is 681 g/mol. The number of fused-ring (bicyclic) bond motifs is 1. The predicted molar refractivity (Wildman–Crippen MR) is 202 cm³/mol. The molecule has 0 N–H and O–H groups in total. The molecule has 7 aromatic rings. The van der Waals surface area contributed by atoms with E-state index in [1.54, 1.807) is 0 Å². The third-order valence-corrected chi connectivity index (χ3v) is 9.73. The smallest absolute Gasteiger partial charge is 0.267 e. The van der Waals surface area contributed by atoms with Crippen LogP contribution in [0.5, 0.6) is 0 Å². The van der Waals surface area contributed by atoms with Gasteiger partial charge in [0.2, 0.25) is 5.95 Å². The van der Waals surface area contributed by atoms with Crippen molar-refractivity contribution in [1.82, 2.24) is 29.8 Å². The lowest BCUT2D eigenvalue weighted by atomic mass is 9.77. The molecule has 0 aliphatic carbocycles. The summed E-state index contributed by atoms with van der Waals surface area (Å²) < 4.78 is 3.43. The number of hydrogen-bond donors (Lipinski definition) is 0. The zero-order chi connectivity index (χ0) is 35.5. The normalized spacial score (nSPS) is 12.3. The van der Waals surface area contributed by atoms with Gasteiger partial charge in [-0.05, 0) is 56.6 Å². The van der Waals surface area contributed by atoms with Gasteiger partial charge in [0.1, 0.15) is 5.54 Å². The summed E-state index contributed by atoms with van der Waals surface area (Å²) in [5, 5.41) is 13.7. The second-order valence-corrected chi connectivity index (χ2v) is 12.8. The minimum absolute atomic E-state index is 0.162. The van der Waals surface area contributed by atoms with E-state index in [1.165, 1.54) is 10.8 Å². The molecule has 9 nitrogen and oxygen atoms in total. The molecule has 1 aliphatic rings. The zero-order valence-electron chi connectivity index (χ0n) is 28.6. The number of tetrazole rings is 1. The highest BCUT2D eigenvalue weighted by atomic mass is 16.2. The Morgan fingerprint density at radius 2 is 1.25 bits per heavy atom. The summed E-state index contributed by atoms with van der Waals surface area (Å²) in [6, 6.07) is 47.3. The molecule has 254 valence electrons. The van der Waals surface area contributed by atoms with E-state index in [-0.39, 0.29) is 17.4 Å². The lowest BCUT2D eigenvalue weighted by Gasteiger charge is -2.36. The van der Waals surface area contributed by atoms with Crippen molar-refractivity contribution in [2.75, 3.05) is 0 Å². The molecule has 0 spiro atoms. The van der Waals surface area contributed by atoms with Crippen LogP contribution < -0.4 is 5.56 Å². The SMILES string of the molecule is CCCCc1c(Cc2ccc(-c3ccccc3-c3nnnn3C(c3ccccc3)(c3ccccc3)c3ccccc3)cc2)c(=O)nc2n1C(=O)C=N2. The second kappa shape index (κ2) is 14.0. The first-order valence-electron chi connectivity index (χ1n) is 17.5. The van der Waals surface area contributed by atoms with Gasteiger partial charge in [0.25, 0.3) is 11.5 Å². The van der Waals surface area contributed by atoms with Crippen LogP contribution in [0.2, 0.25) is 0 Å². The molecule has 52 heavy (non-hydrogen) atoms. The summed E-state index contributed by atoms with van der Waals surface area (Å²) in [5.74, 6) is 0.510. The van der Waals surface area contributed by atoms with Crippen molar-refractivity contribution in [1.29, 1.82) is 0 Å². The molecule has 0 fully saturated rings. The average Bonchev–Trinajstić information content (AvgIpc) is 3.83. The minimum atomic E-state index is -0.889. The van der Waals surface area contributed by atoms with Gasteiger partial charge >= 0.3 is 0 Å². The lowest BCUT2D eigenvalue weighted by molar-refractivity contribution is 0.0998. The van der Waals surface area contributed by atoms with Crippen molar-refractivity contribution in [2.24, 2.45) is 4.99 Å². The molecule has 0 amide bonds. The summed E-state index contributed by atoms with van der Waals surface area (Å²) in [4.78, 5) is 34.1. The second-order valence-electron chi connectivity index (χ2n) is 12.8. The summed E-state index contributed by atoms with van der Waals surface area (Å²) in [5.41, 5.74) is 6.78. The highest BCUT2D eigenvalue weighted by Gasteiger charge is 2.42. The molecular weight excluding hydrogens is 647 g/mol. The number of unbranched alkanes of at least 4 members (excludes halogenated alkanes) is 1. The first-order chi connectivity index (χ1) is 25.6. The van der Waals surface area contributed by atoms with E-state index < -0.39 is 5.54 Å². The van der Waals surface area contributed by atoms with Crippen LogP contribution in [0.25, 0.3) is 22.5 Å². The third kappa shape index (κ3) is 5.66. The number of nitrogens with zero attached hydrogens (tertiary/aromatic N) is 7. The molecule has 0 radical (unpaired) electrons. The van der Waals surface area contributed by atoms with Gasteiger partial charge in [-0.25, -0.2) is 14.2 Å². The molecule has 0 atom stereocenters. The van der Waals surface area contributed by atoms with Crippen LogP contribution in [0.3, 0.4) is 0 Å². The maximum atomic E-state index is 13.2. The van der Waals surface area contributed by atoms with E-state index >= 15 is 0 Å². The van der Waals surface area contributed by atoms with Crippen molar-refractivity contribution >= 4 is 18.1 Å². The molecule has 1 aliphatic heterocycles. The zero-order valence-corrected chi connectivity index (χ0v) is 28.6. The highest BCUT2D eigenvalue weighted by molar-refractivity contribution is 6.30. The quantitative estimate of drug-likeness (QED) is 0.130. The number of aliphatic imine (C=N–C) groups is 1. The molecule has 3 heterocycles. The van der Waals surface area contributed by atoms with Crippen molar-refractivity contribution in [3.8, 4) is 22.5 Å². The largest absolute Gasteiger partial charge is 0.278 e. The lowest BCUT2D eigenvalue weighted by Crippen LogP contribution is -2.39. The Labute approximate surface area is 301 Å². The van der Waals surface area contributed by atoms with E-state index in [0.717, 1.165) is 51.8 Å². The van der Waals surface area contributed by atoms with Gasteiger partial charge in [0.15, 0.2) is 5.82 Å². The van der Waals surface area contributed by atoms with Gasteiger partial charge in [-0.1, -0.05) is 153 Å². The van der Waals surface area contributed by atoms with E-state index in [2.05, 4.69) is 81.8 Å². The molecule has 0 unspecified atom stereocenters. The van der Waals surface area contributed by atoms with Crippen molar-refractivity contribution in [3.63, 3.8) is 0 Å². The van der Waals surface area contributed by atoms with Crippen LogP contribution in [0, 0.1) is 0 Å². The predicted octanol–water partition coefficient (Wildman–Crippen LogP) is 7.69. The standard InChI is InChI=1S/C43H35N7O2/c1-2-3-23-38-37(41(52)45-42-44-29-39(51)49(38)42)28-30-24-26-31(27-25-30)35-21-13-14-22-36(35)40-46-47-48-50(40)43(32-15-7-4-8-16-32,33-17-9-5-10-18-33)34-19-11-6-12-20-34/h4-22,24-27,29H,2-3,23,28H2,1H3. The van der Waals surface area contributed by atoms with Gasteiger partial charge in [-0.15, -0.1) is 5.10 Å². The van der Waals surface area contributed by atoms with Crippen molar-refractivity contribution in [2.45, 2.75) is 38.1 Å². The van der Waals surface area contributed by atoms with Gasteiger partial charge < -0.3 is 0 Å². The van der Waals surface area contributed by atoms with Gasteiger partial charge in [0.05, 0.1) is 6.21 Å². The topological polar surface area (TPSA) is 108 Å². The van der Waals surface area contributed by atoms with Crippen LogP contribution in [-0.2, 0) is 18.4 Å². The van der Waals surface area contributed by atoms with Crippen LogP contribution >= 0.6 is 0 Å². The number of carbonyl (C=O) groups is 1. The first kappa shape index (κ1) is 32.6. The van der Waals surface area contributed by atoms with Crippen LogP contribution in [0.1, 0.15) is 58.1 Å². The fraction of sp³-hybridized carbons (Fsp3) is 0.140. The molecular formula is C43H35N7O2. The maximum absolute atomic E-state index is 13.2. The molecule has 9 heteroatoms. The molecule has 5 aromatic carbocycles. The minimum Gasteiger partial charge on any atom is -0.267 e. The fourth-order valence-electron chi connectivity index (χ4n) is 7.28. The Bertz CT molecular complexity index is 2360. The van der Waals surface area contributed by atoms with Crippen molar-refractivity contribution < 1.29 is 4.79 Å². The summed E-state index contributed by atoms with van der Waals surface area (Å²) in [6.45, 7) is 2.09. The van der Waals surface area contributed by atoms with Crippen LogP contribution in [0.15, 0.2) is 149 Å². The number of rotatable bonds is 11. The first-order valence-corrected chi connectivity index (χ1v) is 17.5. The van der Waals surface area contributed by atoms with E-state index in [9.17, 15) is 9.59 Å². The molecule has 2 aromatic heterocycles. The highest BCUT2D eigenvalue weighted by Crippen LogP contribution is 2.43. The van der Waals surface area contributed by atoms with E-state index in [1.807, 2.05) is 89.6 Å². The Balaban J connectivity index is 1.22. The Hall–Kier alpha value is -6.61. The molecule has 0 bridgehead atoms.